The molecule has 1 fully saturated rings. The highest BCUT2D eigenvalue weighted by Crippen LogP contribution is 2.41. The number of hydrogen-bond donors (Lipinski definition) is 2. The molecule has 2 aromatic heterocycles. The van der Waals surface area contributed by atoms with Gasteiger partial charge in [0, 0.05) is 28.7 Å². The van der Waals surface area contributed by atoms with Crippen molar-refractivity contribution in [2.24, 2.45) is 0 Å². The number of Topliss-reactive ketones (excluding diaryl/α,β-unsaturated/α-hetero) is 1. The van der Waals surface area contributed by atoms with Crippen LogP contribution in [-0.4, -0.2) is 27.0 Å². The summed E-state index contributed by atoms with van der Waals surface area (Å²) in [5.41, 5.74) is 2.64. The summed E-state index contributed by atoms with van der Waals surface area (Å²) in [5.74, 6) is 0.0700. The van der Waals surface area contributed by atoms with E-state index >= 15 is 0 Å². The van der Waals surface area contributed by atoms with Crippen LogP contribution in [0.1, 0.15) is 34.0 Å². The Balaban J connectivity index is 1.47. The molecule has 1 saturated carbocycles. The molecule has 0 saturated heterocycles. The molecule has 7 heteroatoms. The van der Waals surface area contributed by atoms with Crippen LogP contribution in [0.5, 0.6) is 0 Å². The zero-order chi connectivity index (χ0) is 18.9. The number of H-pyrrole nitrogens is 1. The van der Waals surface area contributed by atoms with Crippen molar-refractivity contribution in [1.29, 1.82) is 0 Å². The van der Waals surface area contributed by atoms with Gasteiger partial charge in [0.1, 0.15) is 5.25 Å². The van der Waals surface area contributed by atoms with E-state index in [-0.39, 0.29) is 11.0 Å². The van der Waals surface area contributed by atoms with E-state index in [9.17, 15) is 4.79 Å². The van der Waals surface area contributed by atoms with Crippen molar-refractivity contribution >= 4 is 44.9 Å². The van der Waals surface area contributed by atoms with Crippen molar-refractivity contribution < 1.29 is 4.79 Å². The summed E-state index contributed by atoms with van der Waals surface area (Å²) in [7, 11) is 0. The molecule has 2 heterocycles. The molecule has 0 bridgehead atoms. The van der Waals surface area contributed by atoms with Gasteiger partial charge in [-0.2, -0.15) is 0 Å². The Morgan fingerprint density at radius 3 is 2.71 bits per heavy atom. The number of fused-ring (bicyclic) bond motifs is 1. The Kier molecular flexibility index (Phi) is 4.62. The van der Waals surface area contributed by atoms with Gasteiger partial charge in [-0.3, -0.25) is 4.79 Å². The quantitative estimate of drug-likeness (QED) is 0.321. The predicted molar refractivity (Wildman–Crippen MR) is 114 cm³/mol. The minimum Gasteiger partial charge on any atom is -0.360 e. The second-order valence-corrected chi connectivity index (χ2v) is 9.14. The summed E-state index contributed by atoms with van der Waals surface area (Å²) < 4.78 is 0.796. The molecule has 4 aromatic rings. The molecular formula is C21H18N4OS2. The van der Waals surface area contributed by atoms with E-state index in [1.165, 1.54) is 35.9 Å². The van der Waals surface area contributed by atoms with Crippen LogP contribution in [0.2, 0.25) is 0 Å². The second kappa shape index (κ2) is 7.41. The Labute approximate surface area is 170 Å². The minimum atomic E-state index is -0.373. The van der Waals surface area contributed by atoms with E-state index in [2.05, 4.69) is 20.5 Å². The molecule has 5 nitrogen and oxygen atoms in total. The van der Waals surface area contributed by atoms with E-state index in [1.807, 2.05) is 60.8 Å². The fraction of sp³-hybridized carbons (Fsp3) is 0.190. The first-order valence-corrected chi connectivity index (χ1v) is 10.9. The number of nitrogens with zero attached hydrogens (tertiary/aromatic N) is 2. The third-order valence-electron chi connectivity index (χ3n) is 4.73. The molecule has 0 radical (unpaired) electrons. The number of para-hydroxylation sites is 1. The normalized spacial score (nSPS) is 14.9. The maximum Gasteiger partial charge on any atom is 0.206 e. The molecule has 0 unspecified atom stereocenters. The predicted octanol–water partition coefficient (Wildman–Crippen LogP) is 5.31. The van der Waals surface area contributed by atoms with E-state index in [1.54, 1.807) is 0 Å². The highest BCUT2D eigenvalue weighted by atomic mass is 32.2. The van der Waals surface area contributed by atoms with E-state index < -0.39 is 0 Å². The highest BCUT2D eigenvalue weighted by Gasteiger charge is 2.28. The third kappa shape index (κ3) is 3.55. The monoisotopic (exact) mass is 406 g/mol. The van der Waals surface area contributed by atoms with Crippen LogP contribution >= 0.6 is 23.1 Å². The van der Waals surface area contributed by atoms with Gasteiger partial charge >= 0.3 is 0 Å². The minimum absolute atomic E-state index is 0.0700. The van der Waals surface area contributed by atoms with Crippen LogP contribution in [0.3, 0.4) is 0 Å². The average Bonchev–Trinajstić information content (AvgIpc) is 3.26. The van der Waals surface area contributed by atoms with Gasteiger partial charge in [0.15, 0.2) is 10.1 Å². The fourth-order valence-corrected chi connectivity index (χ4v) is 5.23. The highest BCUT2D eigenvalue weighted by molar-refractivity contribution is 8.02. The number of carbonyl (C=O) groups is 1. The van der Waals surface area contributed by atoms with Gasteiger partial charge < -0.3 is 10.3 Å². The van der Waals surface area contributed by atoms with Gasteiger partial charge in [-0.25, -0.2) is 0 Å². The standard InChI is InChI=1S/C21H18N4OS2/c26-18(16-12-22-17-9-5-4-8-15(16)17)19(13-6-2-1-3-7-13)27-21-25-24-20(28-21)23-14-10-11-14/h1-9,12,14,19,22H,10-11H2,(H,23,24)/t19-/m0/s1. The van der Waals surface area contributed by atoms with Gasteiger partial charge in [0.05, 0.1) is 0 Å². The molecule has 1 aliphatic carbocycles. The third-order valence-corrected chi connectivity index (χ3v) is 6.92. The van der Waals surface area contributed by atoms with Crippen LogP contribution < -0.4 is 5.32 Å². The van der Waals surface area contributed by atoms with Crippen LogP contribution in [-0.2, 0) is 0 Å². The number of rotatable bonds is 7. The zero-order valence-corrected chi connectivity index (χ0v) is 16.6. The number of hydrogen-bond acceptors (Lipinski definition) is 6. The van der Waals surface area contributed by atoms with Crippen LogP contribution in [0, 0.1) is 0 Å². The van der Waals surface area contributed by atoms with Crippen LogP contribution in [0.4, 0.5) is 5.13 Å². The summed E-state index contributed by atoms with van der Waals surface area (Å²) in [5, 5.41) is 13.3. The van der Waals surface area contributed by atoms with Crippen molar-refractivity contribution in [2.75, 3.05) is 5.32 Å². The maximum atomic E-state index is 13.5. The Morgan fingerprint density at radius 1 is 1.11 bits per heavy atom. The zero-order valence-electron chi connectivity index (χ0n) is 15.0. The number of nitrogens with one attached hydrogen (secondary N) is 2. The van der Waals surface area contributed by atoms with E-state index in [0.29, 0.717) is 11.6 Å². The lowest BCUT2D eigenvalue weighted by atomic mass is 10.0. The summed E-state index contributed by atoms with van der Waals surface area (Å²) in [6, 6.07) is 18.3. The Bertz CT molecular complexity index is 1120. The van der Waals surface area contributed by atoms with E-state index in [4.69, 9.17) is 0 Å². The smallest absolute Gasteiger partial charge is 0.206 e. The molecule has 28 heavy (non-hydrogen) atoms. The molecule has 1 atom stereocenters. The Hall–Kier alpha value is -2.64. The van der Waals surface area contributed by atoms with Crippen molar-refractivity contribution in [3.05, 3.63) is 71.9 Å². The number of aromatic nitrogens is 3. The van der Waals surface area contributed by atoms with Gasteiger partial charge in [-0.05, 0) is 24.5 Å². The fourth-order valence-electron chi connectivity index (χ4n) is 3.14. The lowest BCUT2D eigenvalue weighted by Gasteiger charge is -2.14. The number of benzene rings is 2. The molecule has 2 N–H and O–H groups in total. The number of carbonyl (C=O) groups excluding carboxylic acids is 1. The SMILES string of the molecule is O=C(c1c[nH]c2ccccc12)[C@@H](Sc1nnc(NC2CC2)s1)c1ccccc1. The number of anilines is 1. The largest absolute Gasteiger partial charge is 0.360 e. The number of thioether (sulfide) groups is 1. The van der Waals surface area contributed by atoms with Gasteiger partial charge in [0.25, 0.3) is 0 Å². The summed E-state index contributed by atoms with van der Waals surface area (Å²) in [4.78, 5) is 16.7. The van der Waals surface area contributed by atoms with Crippen molar-refractivity contribution in [1.82, 2.24) is 15.2 Å². The first-order chi connectivity index (χ1) is 13.8. The van der Waals surface area contributed by atoms with Crippen molar-refractivity contribution in [2.45, 2.75) is 28.5 Å². The molecule has 5 rings (SSSR count). The number of aromatic amines is 1. The maximum absolute atomic E-state index is 13.5. The lowest BCUT2D eigenvalue weighted by Crippen LogP contribution is -2.09. The molecular weight excluding hydrogens is 388 g/mol. The Morgan fingerprint density at radius 2 is 1.89 bits per heavy atom. The average molecular weight is 407 g/mol. The first-order valence-electron chi connectivity index (χ1n) is 9.20. The van der Waals surface area contributed by atoms with Gasteiger partial charge in [-0.1, -0.05) is 71.6 Å². The van der Waals surface area contributed by atoms with Crippen LogP contribution in [0.15, 0.2) is 65.1 Å². The lowest BCUT2D eigenvalue weighted by molar-refractivity contribution is 0.0991. The first kappa shape index (κ1) is 17.5. The number of ketones is 1. The molecule has 0 spiro atoms. The molecule has 2 aromatic carbocycles. The molecule has 0 amide bonds. The van der Waals surface area contributed by atoms with Gasteiger partial charge in [0.2, 0.25) is 5.13 Å². The molecule has 0 aliphatic heterocycles. The second-order valence-electron chi connectivity index (χ2n) is 6.81. The van der Waals surface area contributed by atoms with E-state index in [0.717, 1.165) is 25.9 Å². The van der Waals surface area contributed by atoms with Gasteiger partial charge in [-0.15, -0.1) is 10.2 Å². The summed E-state index contributed by atoms with van der Waals surface area (Å²) in [6.07, 6.45) is 4.19. The van der Waals surface area contributed by atoms with Crippen molar-refractivity contribution in [3.63, 3.8) is 0 Å². The topological polar surface area (TPSA) is 70.7 Å². The van der Waals surface area contributed by atoms with Crippen LogP contribution in [0.25, 0.3) is 10.9 Å². The summed E-state index contributed by atoms with van der Waals surface area (Å²) in [6.45, 7) is 0. The molecule has 1 aliphatic rings. The molecule has 140 valence electrons. The summed E-state index contributed by atoms with van der Waals surface area (Å²) >= 11 is 2.98. The van der Waals surface area contributed by atoms with Crippen molar-refractivity contribution in [3.8, 4) is 0 Å².